The van der Waals surface area contributed by atoms with E-state index >= 15 is 0 Å². The van der Waals surface area contributed by atoms with Gasteiger partial charge in [-0.3, -0.25) is 4.98 Å². The van der Waals surface area contributed by atoms with Crippen LogP contribution in [0.25, 0.3) is 10.9 Å². The Labute approximate surface area is 147 Å². The van der Waals surface area contributed by atoms with Gasteiger partial charge in [0.1, 0.15) is 11.5 Å². The van der Waals surface area contributed by atoms with E-state index in [-0.39, 0.29) is 0 Å². The van der Waals surface area contributed by atoms with Gasteiger partial charge >= 0.3 is 0 Å². The molecule has 0 radical (unpaired) electrons. The Balaban J connectivity index is 2.15. The Morgan fingerprint density at radius 3 is 2.35 bits per heavy atom. The molecule has 0 saturated carbocycles. The molecule has 0 N–H and O–H groups in total. The Morgan fingerprint density at radius 2 is 1.65 bits per heavy atom. The summed E-state index contributed by atoms with van der Waals surface area (Å²) in [7, 11) is 3.38. The predicted molar refractivity (Wildman–Crippen MR) is 99.6 cm³/mol. The summed E-state index contributed by atoms with van der Waals surface area (Å²) in [4.78, 5) is 4.82. The first-order chi connectivity index (χ1) is 11.2. The quantitative estimate of drug-likeness (QED) is 0.506. The smallest absolute Gasteiger partial charge is 0.135 e. The average Bonchev–Trinajstić information content (AvgIpc) is 2.58. The van der Waals surface area contributed by atoms with Crippen LogP contribution in [-0.4, -0.2) is 19.2 Å². The molecule has 3 nitrogen and oxygen atoms in total. The highest BCUT2D eigenvalue weighted by atomic mass is 79.9. The zero-order valence-corrected chi connectivity index (χ0v) is 15.9. The number of halogens is 1. The van der Waals surface area contributed by atoms with Gasteiger partial charge < -0.3 is 9.47 Å². The Morgan fingerprint density at radius 1 is 0.957 bits per heavy atom. The molecule has 0 aliphatic carbocycles. The molecule has 0 bridgehead atoms. The van der Waals surface area contributed by atoms with Gasteiger partial charge in [0.25, 0.3) is 0 Å². The lowest BCUT2D eigenvalue weighted by Gasteiger charge is -2.12. The predicted octanol–water partition coefficient (Wildman–Crippen LogP) is 5.92. The number of fused-ring (bicyclic) bond motifs is 1. The summed E-state index contributed by atoms with van der Waals surface area (Å²) in [5, 5.41) is 1.01. The molecule has 0 spiro atoms. The van der Waals surface area contributed by atoms with Gasteiger partial charge in [0.05, 0.1) is 24.2 Å². The number of benzene rings is 1. The van der Waals surface area contributed by atoms with Crippen molar-refractivity contribution in [3.8, 4) is 11.5 Å². The number of aromatic nitrogens is 1. The molecule has 2 aromatic rings. The van der Waals surface area contributed by atoms with Crippen LogP contribution in [0.3, 0.4) is 0 Å². The third-order valence-electron chi connectivity index (χ3n) is 4.13. The molecular formula is C19H26BrNO2. The first-order valence-electron chi connectivity index (χ1n) is 8.41. The molecule has 4 heteroatoms. The number of hydrogen-bond donors (Lipinski definition) is 0. The van der Waals surface area contributed by atoms with Crippen molar-refractivity contribution >= 4 is 26.8 Å². The number of rotatable bonds is 9. The zero-order valence-electron chi connectivity index (χ0n) is 14.3. The van der Waals surface area contributed by atoms with Crippen LogP contribution in [-0.2, 0) is 6.42 Å². The van der Waals surface area contributed by atoms with Gasteiger partial charge in [0.15, 0.2) is 0 Å². The SMILES string of the molecule is CCCCCCCCc1cc(OC)c2ccc(OC)c(Br)c2n1. The maximum atomic E-state index is 5.55. The molecule has 1 aromatic heterocycles. The summed E-state index contributed by atoms with van der Waals surface area (Å²) in [6, 6.07) is 6.00. The van der Waals surface area contributed by atoms with Crippen molar-refractivity contribution < 1.29 is 9.47 Å². The van der Waals surface area contributed by atoms with Crippen LogP contribution in [0.5, 0.6) is 11.5 Å². The second-order valence-corrected chi connectivity index (χ2v) is 6.60. The molecule has 0 saturated heterocycles. The van der Waals surface area contributed by atoms with Crippen molar-refractivity contribution in [2.24, 2.45) is 0 Å². The van der Waals surface area contributed by atoms with E-state index in [2.05, 4.69) is 28.9 Å². The lowest BCUT2D eigenvalue weighted by Crippen LogP contribution is -1.97. The molecule has 0 fully saturated rings. The van der Waals surface area contributed by atoms with Crippen molar-refractivity contribution in [1.29, 1.82) is 0 Å². The largest absolute Gasteiger partial charge is 0.496 e. The van der Waals surface area contributed by atoms with Crippen LogP contribution in [0.15, 0.2) is 22.7 Å². The molecule has 0 unspecified atom stereocenters. The normalized spacial score (nSPS) is 11.0. The summed E-state index contributed by atoms with van der Waals surface area (Å²) >= 11 is 3.61. The number of nitrogens with zero attached hydrogens (tertiary/aromatic N) is 1. The van der Waals surface area contributed by atoms with E-state index in [4.69, 9.17) is 14.5 Å². The van der Waals surface area contributed by atoms with Crippen LogP contribution in [0.4, 0.5) is 0 Å². The van der Waals surface area contributed by atoms with Gasteiger partial charge in [-0.15, -0.1) is 0 Å². The van der Waals surface area contributed by atoms with Gasteiger partial charge in [-0.25, -0.2) is 0 Å². The summed E-state index contributed by atoms with van der Waals surface area (Å²) in [6.07, 6.45) is 8.72. The van der Waals surface area contributed by atoms with Crippen molar-refractivity contribution in [1.82, 2.24) is 4.98 Å². The van der Waals surface area contributed by atoms with Gasteiger partial charge in [-0.1, -0.05) is 39.0 Å². The fourth-order valence-corrected chi connectivity index (χ4v) is 3.40. The highest BCUT2D eigenvalue weighted by Crippen LogP contribution is 2.36. The van der Waals surface area contributed by atoms with Crippen molar-refractivity contribution in [3.05, 3.63) is 28.4 Å². The second-order valence-electron chi connectivity index (χ2n) is 5.81. The number of unbranched alkanes of at least 4 members (excludes halogenated alkanes) is 5. The van der Waals surface area contributed by atoms with Gasteiger partial charge in [0.2, 0.25) is 0 Å². The Hall–Kier alpha value is -1.29. The minimum Gasteiger partial charge on any atom is -0.496 e. The molecule has 0 amide bonds. The lowest BCUT2D eigenvalue weighted by molar-refractivity contribution is 0.411. The lowest BCUT2D eigenvalue weighted by atomic mass is 10.1. The van der Waals surface area contributed by atoms with E-state index in [0.717, 1.165) is 39.0 Å². The standard InChI is InChI=1S/C19H26BrNO2/c1-4-5-6-7-8-9-10-14-13-17(23-3)15-11-12-16(22-2)18(20)19(15)21-14/h11-13H,4-10H2,1-3H3. The highest BCUT2D eigenvalue weighted by Gasteiger charge is 2.12. The number of pyridine rings is 1. The van der Waals surface area contributed by atoms with Crippen LogP contribution in [0.2, 0.25) is 0 Å². The van der Waals surface area contributed by atoms with Crippen LogP contribution in [0, 0.1) is 0 Å². The van der Waals surface area contributed by atoms with Crippen molar-refractivity contribution in [2.45, 2.75) is 51.9 Å². The molecule has 0 atom stereocenters. The van der Waals surface area contributed by atoms with Crippen LogP contribution in [0.1, 0.15) is 51.1 Å². The maximum absolute atomic E-state index is 5.55. The van der Waals surface area contributed by atoms with E-state index in [1.807, 2.05) is 12.1 Å². The van der Waals surface area contributed by atoms with Crippen molar-refractivity contribution in [3.63, 3.8) is 0 Å². The Kier molecular flexibility index (Phi) is 7.15. The molecule has 2 rings (SSSR count). The third-order valence-corrected chi connectivity index (χ3v) is 4.89. The fourth-order valence-electron chi connectivity index (χ4n) is 2.80. The molecule has 23 heavy (non-hydrogen) atoms. The average molecular weight is 380 g/mol. The summed E-state index contributed by atoms with van der Waals surface area (Å²) < 4.78 is 11.8. The van der Waals surface area contributed by atoms with Gasteiger partial charge in [-0.2, -0.15) is 0 Å². The van der Waals surface area contributed by atoms with Gasteiger partial charge in [-0.05, 0) is 40.9 Å². The monoisotopic (exact) mass is 379 g/mol. The second kappa shape index (κ2) is 9.11. The van der Waals surface area contributed by atoms with E-state index in [0.29, 0.717) is 0 Å². The zero-order chi connectivity index (χ0) is 16.7. The minimum atomic E-state index is 0.795. The molecule has 1 heterocycles. The molecular weight excluding hydrogens is 354 g/mol. The van der Waals surface area contributed by atoms with Gasteiger partial charge in [0, 0.05) is 17.1 Å². The topological polar surface area (TPSA) is 31.4 Å². The first kappa shape index (κ1) is 18.1. The van der Waals surface area contributed by atoms with E-state index in [9.17, 15) is 0 Å². The number of ether oxygens (including phenoxy) is 2. The molecule has 1 aromatic carbocycles. The first-order valence-corrected chi connectivity index (χ1v) is 9.20. The van der Waals surface area contributed by atoms with Crippen LogP contribution >= 0.6 is 15.9 Å². The van der Waals surface area contributed by atoms with E-state index in [1.54, 1.807) is 14.2 Å². The maximum Gasteiger partial charge on any atom is 0.135 e. The number of aryl methyl sites for hydroxylation is 1. The Bertz CT molecular complexity index is 643. The van der Waals surface area contributed by atoms with Crippen LogP contribution < -0.4 is 9.47 Å². The summed E-state index contributed by atoms with van der Waals surface area (Å²) in [5.41, 5.74) is 1.99. The fraction of sp³-hybridized carbons (Fsp3) is 0.526. The highest BCUT2D eigenvalue weighted by molar-refractivity contribution is 9.10. The molecule has 126 valence electrons. The third kappa shape index (κ3) is 4.60. The van der Waals surface area contributed by atoms with Crippen molar-refractivity contribution in [2.75, 3.05) is 14.2 Å². The number of methoxy groups -OCH3 is 2. The minimum absolute atomic E-state index is 0.795. The summed E-state index contributed by atoms with van der Waals surface area (Å²) in [6.45, 7) is 2.25. The summed E-state index contributed by atoms with van der Waals surface area (Å²) in [5.74, 6) is 1.67. The van der Waals surface area contributed by atoms with E-state index in [1.165, 1.54) is 38.5 Å². The van der Waals surface area contributed by atoms with E-state index < -0.39 is 0 Å². The molecule has 0 aliphatic heterocycles. The molecule has 0 aliphatic rings. The number of hydrogen-bond acceptors (Lipinski definition) is 3.